The summed E-state index contributed by atoms with van der Waals surface area (Å²) in [6, 6.07) is 5.06. The fourth-order valence-corrected chi connectivity index (χ4v) is 2.96. The molecule has 33 heavy (non-hydrogen) atoms. The lowest BCUT2D eigenvalue weighted by Gasteiger charge is -2.14. The van der Waals surface area contributed by atoms with Crippen LogP contribution < -0.4 is 16.2 Å². The molecule has 1 aromatic carbocycles. The number of nitrogens with zero attached hydrogens (tertiary/aromatic N) is 2. The molecule has 0 fully saturated rings. The lowest BCUT2D eigenvalue weighted by molar-refractivity contribution is -0.140. The number of hydrogen-bond acceptors (Lipinski definition) is 7. The van der Waals surface area contributed by atoms with Crippen LogP contribution in [0.25, 0.3) is 0 Å². The molecule has 0 aliphatic carbocycles. The highest BCUT2D eigenvalue weighted by Gasteiger charge is 2.21. The fourth-order valence-electron chi connectivity index (χ4n) is 2.96. The van der Waals surface area contributed by atoms with Gasteiger partial charge in [-0.05, 0) is 51.0 Å². The molecule has 11 heteroatoms. The van der Waals surface area contributed by atoms with E-state index in [-0.39, 0.29) is 29.7 Å². The van der Waals surface area contributed by atoms with Gasteiger partial charge in [-0.1, -0.05) is 6.92 Å². The number of benzene rings is 1. The Balaban J connectivity index is 2.03. The lowest BCUT2D eigenvalue weighted by atomic mass is 10.1. The number of aliphatic carboxylic acids is 2. The standard InChI is InChI=1S/C22H27N5O6/c1-4-15(26-19-12(2)24-13(3)25-21(19)31)11-23-16-7-5-14(6-8-16)20(30)27-17(22(32)33)9-10-18(28)29/h5-8,17,23H,4,9-11H2,1-3H3,(H,27,30)(H,28,29)(H,32,33)(H,24,25,31)/b26-15+/t17-/m0/s1. The first-order valence-electron chi connectivity index (χ1n) is 10.3. The molecule has 11 nitrogen and oxygen atoms in total. The minimum Gasteiger partial charge on any atom is -0.481 e. The number of rotatable bonds is 11. The van der Waals surface area contributed by atoms with Crippen LogP contribution in [0.1, 0.15) is 48.1 Å². The zero-order valence-electron chi connectivity index (χ0n) is 18.6. The number of amides is 1. The summed E-state index contributed by atoms with van der Waals surface area (Å²) in [5.74, 6) is -2.53. The van der Waals surface area contributed by atoms with Gasteiger partial charge in [0.2, 0.25) is 0 Å². The van der Waals surface area contributed by atoms with Gasteiger partial charge in [0.05, 0.1) is 12.2 Å². The van der Waals surface area contributed by atoms with Gasteiger partial charge in [-0.15, -0.1) is 0 Å². The summed E-state index contributed by atoms with van der Waals surface area (Å²) in [7, 11) is 0. The molecule has 0 spiro atoms. The smallest absolute Gasteiger partial charge is 0.326 e. The second kappa shape index (κ2) is 11.6. The van der Waals surface area contributed by atoms with E-state index in [0.29, 0.717) is 30.2 Å². The zero-order chi connectivity index (χ0) is 24.5. The number of carboxylic acid groups (broad SMARTS) is 2. The van der Waals surface area contributed by atoms with Gasteiger partial charge >= 0.3 is 11.9 Å². The Kier molecular flexibility index (Phi) is 8.84. The lowest BCUT2D eigenvalue weighted by Crippen LogP contribution is -2.41. The molecule has 2 aromatic rings. The summed E-state index contributed by atoms with van der Waals surface area (Å²) < 4.78 is 0. The molecule has 0 radical (unpaired) electrons. The molecule has 2 rings (SSSR count). The van der Waals surface area contributed by atoms with Crippen LogP contribution in [0.2, 0.25) is 0 Å². The number of hydrogen-bond donors (Lipinski definition) is 5. The van der Waals surface area contributed by atoms with Gasteiger partial charge in [0, 0.05) is 23.4 Å². The second-order valence-corrected chi connectivity index (χ2v) is 7.34. The maximum atomic E-state index is 12.3. The van der Waals surface area contributed by atoms with Crippen LogP contribution >= 0.6 is 0 Å². The van der Waals surface area contributed by atoms with Crippen LogP contribution in [-0.2, 0) is 9.59 Å². The predicted octanol–water partition coefficient (Wildman–Crippen LogP) is 2.03. The number of anilines is 1. The number of carboxylic acids is 2. The Bertz CT molecular complexity index is 1110. The van der Waals surface area contributed by atoms with E-state index < -0.39 is 23.9 Å². The largest absolute Gasteiger partial charge is 0.481 e. The normalized spacial score (nSPS) is 12.2. The molecule has 0 unspecified atom stereocenters. The Hall–Kier alpha value is -4.02. The van der Waals surface area contributed by atoms with Crippen LogP contribution in [0.4, 0.5) is 11.4 Å². The maximum Gasteiger partial charge on any atom is 0.326 e. The van der Waals surface area contributed by atoms with E-state index in [2.05, 4.69) is 25.6 Å². The SMILES string of the molecule is CC/C(CNc1ccc(C(=O)N[C@@H](CCC(=O)O)C(=O)O)cc1)=N\c1c(C)nc(C)[nH]c1=O. The Labute approximate surface area is 190 Å². The number of aromatic nitrogens is 2. The third-order valence-electron chi connectivity index (χ3n) is 4.76. The first kappa shape index (κ1) is 25.2. The van der Waals surface area contributed by atoms with Crippen molar-refractivity contribution < 1.29 is 24.6 Å². The van der Waals surface area contributed by atoms with Gasteiger partial charge in [-0.2, -0.15) is 0 Å². The molecular formula is C22H27N5O6. The summed E-state index contributed by atoms with van der Waals surface area (Å²) in [4.78, 5) is 57.7. The van der Waals surface area contributed by atoms with Gasteiger partial charge in [-0.25, -0.2) is 14.8 Å². The third-order valence-corrected chi connectivity index (χ3v) is 4.76. The fraction of sp³-hybridized carbons (Fsp3) is 0.364. The first-order valence-corrected chi connectivity index (χ1v) is 10.3. The van der Waals surface area contributed by atoms with E-state index in [9.17, 15) is 24.3 Å². The van der Waals surface area contributed by atoms with Crippen molar-refractivity contribution in [3.05, 3.63) is 51.7 Å². The van der Waals surface area contributed by atoms with Crippen LogP contribution in [0.3, 0.4) is 0 Å². The minimum absolute atomic E-state index is 0.214. The molecule has 0 saturated heterocycles. The number of carbonyl (C=O) groups is 3. The number of H-pyrrole nitrogens is 1. The van der Waals surface area contributed by atoms with Crippen LogP contribution in [0, 0.1) is 13.8 Å². The third kappa shape index (κ3) is 7.56. The molecule has 0 bridgehead atoms. The van der Waals surface area contributed by atoms with Gasteiger partial charge in [0.25, 0.3) is 11.5 Å². The maximum absolute atomic E-state index is 12.3. The average molecular weight is 457 g/mol. The van der Waals surface area contributed by atoms with Crippen molar-refractivity contribution in [1.29, 1.82) is 0 Å². The number of aromatic amines is 1. The van der Waals surface area contributed by atoms with Crippen LogP contribution in [-0.4, -0.2) is 56.3 Å². The molecule has 0 aliphatic heterocycles. The number of nitrogens with one attached hydrogen (secondary N) is 3. The summed E-state index contributed by atoms with van der Waals surface area (Å²) in [6.45, 7) is 5.71. The molecule has 1 heterocycles. The zero-order valence-corrected chi connectivity index (χ0v) is 18.6. The minimum atomic E-state index is -1.30. The molecular weight excluding hydrogens is 430 g/mol. The second-order valence-electron chi connectivity index (χ2n) is 7.34. The molecule has 0 aliphatic rings. The van der Waals surface area contributed by atoms with E-state index in [0.717, 1.165) is 5.71 Å². The monoisotopic (exact) mass is 457 g/mol. The van der Waals surface area contributed by atoms with Gasteiger partial charge in [0.1, 0.15) is 17.6 Å². The van der Waals surface area contributed by atoms with E-state index in [1.165, 1.54) is 12.1 Å². The molecule has 1 atom stereocenters. The van der Waals surface area contributed by atoms with E-state index in [4.69, 9.17) is 5.11 Å². The summed E-state index contributed by atoms with van der Waals surface area (Å²) >= 11 is 0. The quantitative estimate of drug-likeness (QED) is 0.319. The van der Waals surface area contributed by atoms with Gasteiger partial charge < -0.3 is 25.8 Å². The highest BCUT2D eigenvalue weighted by Crippen LogP contribution is 2.13. The number of carbonyl (C=O) groups excluding carboxylic acids is 1. The Morgan fingerprint density at radius 3 is 2.36 bits per heavy atom. The van der Waals surface area contributed by atoms with Crippen molar-refractivity contribution >= 4 is 34.9 Å². The molecule has 176 valence electrons. The number of aryl methyl sites for hydroxylation is 2. The summed E-state index contributed by atoms with van der Waals surface area (Å²) in [6.07, 6.45) is 0.0205. The van der Waals surface area contributed by atoms with Crippen molar-refractivity contribution in [2.45, 2.75) is 46.1 Å². The highest BCUT2D eigenvalue weighted by molar-refractivity contribution is 5.97. The van der Waals surface area contributed by atoms with E-state index in [1.54, 1.807) is 26.0 Å². The first-order chi connectivity index (χ1) is 15.6. The van der Waals surface area contributed by atoms with Crippen LogP contribution in [0.15, 0.2) is 34.1 Å². The molecule has 1 aromatic heterocycles. The topological polar surface area (TPSA) is 174 Å². The number of aliphatic imine (C=N–C) groups is 1. The Morgan fingerprint density at radius 1 is 1.15 bits per heavy atom. The van der Waals surface area contributed by atoms with E-state index in [1.807, 2.05) is 6.92 Å². The van der Waals surface area contributed by atoms with Gasteiger partial charge in [0.15, 0.2) is 0 Å². The average Bonchev–Trinajstić information content (AvgIpc) is 2.75. The van der Waals surface area contributed by atoms with Crippen molar-refractivity contribution in [3.8, 4) is 0 Å². The van der Waals surface area contributed by atoms with Crippen molar-refractivity contribution in [2.75, 3.05) is 11.9 Å². The highest BCUT2D eigenvalue weighted by atomic mass is 16.4. The predicted molar refractivity (Wildman–Crippen MR) is 122 cm³/mol. The van der Waals surface area contributed by atoms with E-state index >= 15 is 0 Å². The van der Waals surface area contributed by atoms with Crippen molar-refractivity contribution in [1.82, 2.24) is 15.3 Å². The van der Waals surface area contributed by atoms with Crippen LogP contribution in [0.5, 0.6) is 0 Å². The summed E-state index contributed by atoms with van der Waals surface area (Å²) in [5.41, 5.74) is 2.17. The molecule has 0 saturated carbocycles. The van der Waals surface area contributed by atoms with Crippen molar-refractivity contribution in [3.63, 3.8) is 0 Å². The molecule has 1 amide bonds. The van der Waals surface area contributed by atoms with Crippen molar-refractivity contribution in [2.24, 2.45) is 4.99 Å². The summed E-state index contributed by atoms with van der Waals surface area (Å²) in [5, 5.41) is 23.4. The Morgan fingerprint density at radius 2 is 1.82 bits per heavy atom. The van der Waals surface area contributed by atoms with Gasteiger partial charge in [-0.3, -0.25) is 14.4 Å². The molecule has 5 N–H and O–H groups in total.